The van der Waals surface area contributed by atoms with Crippen LogP contribution in [0.3, 0.4) is 0 Å². The highest BCUT2D eigenvalue weighted by atomic mass is 32.2. The molecule has 2 heteroatoms. The molecule has 0 saturated carbocycles. The van der Waals surface area contributed by atoms with Crippen LogP contribution in [0.4, 0.5) is 3.89 Å². The van der Waals surface area contributed by atoms with Gasteiger partial charge in [0.15, 0.2) is 0 Å². The summed E-state index contributed by atoms with van der Waals surface area (Å²) in [5.41, 5.74) is 0. The van der Waals surface area contributed by atoms with E-state index in [4.69, 9.17) is 0 Å². The molecular weight excluding hydrogens is 195 g/mol. The second kappa shape index (κ2) is 9.57. The van der Waals surface area contributed by atoms with Gasteiger partial charge in [-0.15, -0.1) is 0 Å². The molecule has 1 unspecified atom stereocenters. The summed E-state index contributed by atoms with van der Waals surface area (Å²) in [6.45, 7) is 6.74. The Morgan fingerprint density at radius 1 is 1.29 bits per heavy atom. The van der Waals surface area contributed by atoms with Crippen LogP contribution in [0.1, 0.15) is 46.5 Å². The van der Waals surface area contributed by atoms with Gasteiger partial charge in [0.25, 0.3) is 0 Å². The molecule has 0 aromatic carbocycles. The summed E-state index contributed by atoms with van der Waals surface area (Å²) < 4.78 is 11.7. The number of hydrogen-bond donors (Lipinski definition) is 0. The van der Waals surface area contributed by atoms with Crippen LogP contribution < -0.4 is 0 Å². The highest BCUT2D eigenvalue weighted by Gasteiger charge is 2.02. The van der Waals surface area contributed by atoms with Crippen molar-refractivity contribution in [1.29, 1.82) is 0 Å². The van der Waals surface area contributed by atoms with Crippen molar-refractivity contribution in [2.45, 2.75) is 46.5 Å². The van der Waals surface area contributed by atoms with E-state index in [1.807, 2.05) is 0 Å². The third-order valence-corrected chi connectivity index (χ3v) is 2.80. The predicted octanol–water partition coefficient (Wildman–Crippen LogP) is 5.01. The maximum Gasteiger partial charge on any atom is 0.0446 e. The lowest BCUT2D eigenvalue weighted by Crippen LogP contribution is -1.97. The zero-order valence-corrected chi connectivity index (χ0v) is 10.4. The molecule has 0 bridgehead atoms. The predicted molar refractivity (Wildman–Crippen MR) is 65.2 cm³/mol. The molecule has 0 amide bonds. The molecule has 0 N–H and O–H groups in total. The van der Waals surface area contributed by atoms with Gasteiger partial charge in [-0.2, -0.15) is 3.89 Å². The summed E-state index contributed by atoms with van der Waals surface area (Å²) in [5.74, 6) is 2.08. The average molecular weight is 218 g/mol. The molecule has 84 valence electrons. The van der Waals surface area contributed by atoms with Crippen molar-refractivity contribution in [3.05, 3.63) is 12.2 Å². The number of hydrogen-bond acceptors (Lipinski definition) is 1. The molecule has 0 aliphatic rings. The molecule has 0 spiro atoms. The van der Waals surface area contributed by atoms with Crippen molar-refractivity contribution >= 4 is 12.1 Å². The lowest BCUT2D eigenvalue weighted by molar-refractivity contribution is 0.472. The largest absolute Gasteiger partial charge is 0.165 e. The van der Waals surface area contributed by atoms with Gasteiger partial charge in [-0.25, -0.2) is 0 Å². The van der Waals surface area contributed by atoms with Crippen molar-refractivity contribution in [3.8, 4) is 0 Å². The number of rotatable bonds is 8. The van der Waals surface area contributed by atoms with E-state index in [1.165, 1.54) is 19.3 Å². The van der Waals surface area contributed by atoms with Gasteiger partial charge in [-0.05, 0) is 31.1 Å². The van der Waals surface area contributed by atoms with Crippen LogP contribution in [0.5, 0.6) is 0 Å². The molecule has 14 heavy (non-hydrogen) atoms. The molecule has 0 saturated heterocycles. The van der Waals surface area contributed by atoms with Crippen LogP contribution in [0.2, 0.25) is 0 Å². The fraction of sp³-hybridized carbons (Fsp3) is 0.833. The fourth-order valence-corrected chi connectivity index (χ4v) is 1.61. The Morgan fingerprint density at radius 3 is 2.50 bits per heavy atom. The SMILES string of the molecule is CCC(C=CCCSF)CCC(C)C. The topological polar surface area (TPSA) is 0 Å². The maximum absolute atomic E-state index is 11.7. The van der Waals surface area contributed by atoms with E-state index in [0.717, 1.165) is 12.3 Å². The van der Waals surface area contributed by atoms with E-state index in [2.05, 4.69) is 32.9 Å². The van der Waals surface area contributed by atoms with E-state index in [0.29, 0.717) is 23.8 Å². The first-order valence-corrected chi connectivity index (χ1v) is 6.49. The van der Waals surface area contributed by atoms with Crippen LogP contribution in [0.15, 0.2) is 12.2 Å². The van der Waals surface area contributed by atoms with E-state index in [9.17, 15) is 3.89 Å². The van der Waals surface area contributed by atoms with Crippen LogP contribution in [-0.4, -0.2) is 5.75 Å². The van der Waals surface area contributed by atoms with E-state index < -0.39 is 0 Å². The monoisotopic (exact) mass is 218 g/mol. The van der Waals surface area contributed by atoms with E-state index in [1.54, 1.807) is 0 Å². The summed E-state index contributed by atoms with van der Waals surface area (Å²) in [6, 6.07) is 0. The van der Waals surface area contributed by atoms with Gasteiger partial charge in [0, 0.05) is 17.9 Å². The Hall–Kier alpha value is 0.0200. The average Bonchev–Trinajstić information content (AvgIpc) is 2.16. The van der Waals surface area contributed by atoms with Crippen LogP contribution >= 0.6 is 12.1 Å². The first kappa shape index (κ1) is 14.0. The Kier molecular flexibility index (Phi) is 9.58. The lowest BCUT2D eigenvalue weighted by Gasteiger charge is -2.11. The molecule has 0 aliphatic carbocycles. The molecule has 0 heterocycles. The summed E-state index contributed by atoms with van der Waals surface area (Å²) in [4.78, 5) is 0. The molecule has 0 radical (unpaired) electrons. The molecule has 0 aliphatic heterocycles. The van der Waals surface area contributed by atoms with Crippen molar-refractivity contribution in [2.75, 3.05) is 5.75 Å². The molecule has 0 aromatic heterocycles. The van der Waals surface area contributed by atoms with Gasteiger partial charge < -0.3 is 0 Å². The maximum atomic E-state index is 11.7. The first-order valence-electron chi connectivity index (χ1n) is 5.60. The molecule has 0 fully saturated rings. The van der Waals surface area contributed by atoms with Crippen molar-refractivity contribution in [1.82, 2.24) is 0 Å². The quantitative estimate of drug-likeness (QED) is 0.407. The zero-order chi connectivity index (χ0) is 10.8. The van der Waals surface area contributed by atoms with Crippen molar-refractivity contribution in [3.63, 3.8) is 0 Å². The third kappa shape index (κ3) is 8.61. The fourth-order valence-electron chi connectivity index (χ4n) is 1.39. The highest BCUT2D eigenvalue weighted by Crippen LogP contribution is 2.17. The second-order valence-electron chi connectivity index (χ2n) is 4.17. The summed E-state index contributed by atoms with van der Waals surface area (Å²) in [5, 5.41) is 0. The van der Waals surface area contributed by atoms with Gasteiger partial charge in [-0.1, -0.05) is 39.3 Å². The summed E-state index contributed by atoms with van der Waals surface area (Å²) >= 11 is 0.428. The van der Waals surface area contributed by atoms with Crippen LogP contribution in [0.25, 0.3) is 0 Å². The smallest absolute Gasteiger partial charge is 0.0446 e. The highest BCUT2D eigenvalue weighted by molar-refractivity contribution is 7.94. The minimum Gasteiger partial charge on any atom is -0.165 e. The number of halogens is 1. The van der Waals surface area contributed by atoms with Gasteiger partial charge in [0.1, 0.15) is 0 Å². The minimum atomic E-state index is 0.428. The molecule has 0 nitrogen and oxygen atoms in total. The van der Waals surface area contributed by atoms with E-state index in [-0.39, 0.29) is 0 Å². The summed E-state index contributed by atoms with van der Waals surface area (Å²) in [6.07, 6.45) is 9.01. The van der Waals surface area contributed by atoms with E-state index >= 15 is 0 Å². The Bertz CT molecular complexity index is 143. The minimum absolute atomic E-state index is 0.428. The normalized spacial score (nSPS) is 14.1. The molecule has 0 aromatic rings. The Labute approximate surface area is 92.6 Å². The third-order valence-electron chi connectivity index (χ3n) is 2.41. The van der Waals surface area contributed by atoms with Gasteiger partial charge in [0.05, 0.1) is 0 Å². The van der Waals surface area contributed by atoms with Gasteiger partial charge in [-0.3, -0.25) is 0 Å². The lowest BCUT2D eigenvalue weighted by atomic mass is 9.95. The number of allylic oxidation sites excluding steroid dienone is 2. The Morgan fingerprint density at radius 2 is 2.00 bits per heavy atom. The summed E-state index contributed by atoms with van der Waals surface area (Å²) in [7, 11) is 0. The van der Waals surface area contributed by atoms with Gasteiger partial charge >= 0.3 is 0 Å². The van der Waals surface area contributed by atoms with Crippen molar-refractivity contribution in [2.24, 2.45) is 11.8 Å². The van der Waals surface area contributed by atoms with Crippen molar-refractivity contribution < 1.29 is 3.89 Å². The first-order chi connectivity index (χ1) is 6.70. The second-order valence-corrected chi connectivity index (χ2v) is 4.80. The van der Waals surface area contributed by atoms with Gasteiger partial charge in [0.2, 0.25) is 0 Å². The molecule has 0 rings (SSSR count). The zero-order valence-electron chi connectivity index (χ0n) is 9.63. The molecular formula is C12H23FS. The standard InChI is InChI=1S/C12H23FS/c1-4-12(9-8-11(2)3)7-5-6-10-14-13/h5,7,11-12H,4,6,8-10H2,1-3H3. The Balaban J connectivity index is 3.61. The van der Waals surface area contributed by atoms with Crippen LogP contribution in [0, 0.1) is 11.8 Å². The van der Waals surface area contributed by atoms with Crippen LogP contribution in [-0.2, 0) is 0 Å². The molecule has 1 atom stereocenters.